The van der Waals surface area contributed by atoms with E-state index in [-0.39, 0.29) is 18.0 Å². The number of thiophene rings is 1. The summed E-state index contributed by atoms with van der Waals surface area (Å²) >= 11 is 2.57. The zero-order valence-corrected chi connectivity index (χ0v) is 17.2. The Morgan fingerprint density at radius 2 is 2.03 bits per heavy atom. The fraction of sp³-hybridized carbons (Fsp3) is 0.100. The van der Waals surface area contributed by atoms with Gasteiger partial charge in [0, 0.05) is 23.0 Å². The first-order valence-electron chi connectivity index (χ1n) is 8.87. The van der Waals surface area contributed by atoms with E-state index < -0.39 is 5.97 Å². The first kappa shape index (κ1) is 18.6. The molecule has 1 aromatic carbocycles. The van der Waals surface area contributed by atoms with E-state index >= 15 is 0 Å². The monoisotopic (exact) mass is 440 g/mol. The summed E-state index contributed by atoms with van der Waals surface area (Å²) in [6.45, 7) is 1.75. The van der Waals surface area contributed by atoms with Gasteiger partial charge in [-0.1, -0.05) is 0 Å². The highest BCUT2D eigenvalue weighted by molar-refractivity contribution is 7.20. The van der Waals surface area contributed by atoms with Gasteiger partial charge < -0.3 is 4.74 Å². The Morgan fingerprint density at radius 3 is 2.83 bits per heavy atom. The number of thiazole rings is 1. The number of nitrogens with zero attached hydrogens (tertiary/aromatic N) is 4. The summed E-state index contributed by atoms with van der Waals surface area (Å²) in [6.07, 6.45) is 1.65. The minimum absolute atomic E-state index is 0.0974. The van der Waals surface area contributed by atoms with E-state index in [1.54, 1.807) is 34.5 Å². The lowest BCUT2D eigenvalue weighted by Gasteiger charge is -2.03. The molecule has 5 aromatic rings. The van der Waals surface area contributed by atoms with Crippen LogP contribution in [0.1, 0.15) is 21.1 Å². The van der Waals surface area contributed by atoms with E-state index in [0.29, 0.717) is 21.2 Å². The minimum atomic E-state index is -0.505. The third-order valence-electron chi connectivity index (χ3n) is 4.52. The molecule has 10 heteroatoms. The van der Waals surface area contributed by atoms with Crippen molar-refractivity contribution in [2.24, 2.45) is 0 Å². The smallest absolute Gasteiger partial charge is 0.348 e. The van der Waals surface area contributed by atoms with Gasteiger partial charge in [0.2, 0.25) is 0 Å². The highest BCUT2D eigenvalue weighted by Gasteiger charge is 2.18. The maximum atomic E-state index is 13.2. The van der Waals surface area contributed by atoms with Crippen molar-refractivity contribution in [2.45, 2.75) is 13.5 Å². The van der Waals surface area contributed by atoms with Gasteiger partial charge in [0.25, 0.3) is 5.56 Å². The van der Waals surface area contributed by atoms with Crippen molar-refractivity contribution in [1.29, 1.82) is 0 Å². The number of aryl methyl sites for hydroxylation is 1. The molecule has 0 N–H and O–H groups in total. The van der Waals surface area contributed by atoms with Crippen LogP contribution in [0, 0.1) is 12.7 Å². The van der Waals surface area contributed by atoms with Crippen LogP contribution in [0.3, 0.4) is 0 Å². The van der Waals surface area contributed by atoms with Crippen molar-refractivity contribution in [3.8, 4) is 5.69 Å². The van der Waals surface area contributed by atoms with Crippen LogP contribution in [-0.2, 0) is 11.3 Å². The van der Waals surface area contributed by atoms with Crippen LogP contribution in [0.5, 0.6) is 0 Å². The number of hydrogen-bond donors (Lipinski definition) is 0. The SMILES string of the molecule is Cc1nn(-c2ccc(F)cc2)c2sc(C(=O)OCc3cc(=O)n4ccsc4n3)cc12. The number of rotatable bonds is 4. The number of benzene rings is 1. The lowest BCUT2D eigenvalue weighted by atomic mass is 10.3. The van der Waals surface area contributed by atoms with Crippen molar-refractivity contribution in [2.75, 3.05) is 0 Å². The molecule has 0 fully saturated rings. The second-order valence-corrected chi connectivity index (χ2v) is 8.42. The minimum Gasteiger partial charge on any atom is -0.455 e. The van der Waals surface area contributed by atoms with Gasteiger partial charge in [0.05, 0.1) is 17.1 Å². The van der Waals surface area contributed by atoms with Crippen LogP contribution in [0.2, 0.25) is 0 Å². The van der Waals surface area contributed by atoms with Crippen LogP contribution in [0.4, 0.5) is 4.39 Å². The predicted octanol–water partition coefficient (Wildman–Crippen LogP) is 3.96. The Morgan fingerprint density at radius 1 is 1.23 bits per heavy atom. The van der Waals surface area contributed by atoms with E-state index in [2.05, 4.69) is 10.1 Å². The van der Waals surface area contributed by atoms with Crippen LogP contribution < -0.4 is 5.56 Å². The number of esters is 1. The maximum absolute atomic E-state index is 13.2. The van der Waals surface area contributed by atoms with Gasteiger partial charge in [-0.15, -0.1) is 22.7 Å². The zero-order valence-electron chi connectivity index (χ0n) is 15.5. The maximum Gasteiger partial charge on any atom is 0.348 e. The molecule has 7 nitrogen and oxygen atoms in total. The van der Waals surface area contributed by atoms with Gasteiger partial charge in [-0.25, -0.2) is 18.9 Å². The molecule has 5 rings (SSSR count). The molecule has 0 radical (unpaired) electrons. The van der Waals surface area contributed by atoms with Crippen molar-refractivity contribution < 1.29 is 13.9 Å². The first-order chi connectivity index (χ1) is 14.5. The fourth-order valence-corrected chi connectivity index (χ4v) is 4.89. The molecule has 0 bridgehead atoms. The van der Waals surface area contributed by atoms with E-state index in [9.17, 15) is 14.0 Å². The summed E-state index contributed by atoms with van der Waals surface area (Å²) in [5.41, 5.74) is 1.63. The van der Waals surface area contributed by atoms with Crippen LogP contribution >= 0.6 is 22.7 Å². The Kier molecular flexibility index (Phi) is 4.44. The van der Waals surface area contributed by atoms with E-state index in [1.807, 2.05) is 6.92 Å². The van der Waals surface area contributed by atoms with Gasteiger partial charge in [-0.2, -0.15) is 5.10 Å². The molecule has 0 unspecified atom stereocenters. The standard InChI is InChI=1S/C20H13FN4O3S2/c1-11-15-9-16(30-18(15)25(23-11)14-4-2-12(21)3-5-14)19(27)28-10-13-8-17(26)24-6-7-29-20(24)22-13/h2-9H,10H2,1H3. The predicted molar refractivity (Wildman–Crippen MR) is 112 cm³/mol. The third-order valence-corrected chi connectivity index (χ3v) is 6.37. The van der Waals surface area contributed by atoms with E-state index in [1.165, 1.54) is 45.3 Å². The molecular weight excluding hydrogens is 427 g/mol. The number of halogens is 1. The highest BCUT2D eigenvalue weighted by atomic mass is 32.1. The van der Waals surface area contributed by atoms with Crippen LogP contribution in [-0.4, -0.2) is 25.1 Å². The summed E-state index contributed by atoms with van der Waals surface area (Å²) in [4.78, 5) is 30.7. The Balaban J connectivity index is 1.41. The molecule has 0 atom stereocenters. The molecule has 0 spiro atoms. The number of aromatic nitrogens is 4. The van der Waals surface area contributed by atoms with Crippen molar-refractivity contribution in [3.63, 3.8) is 0 Å². The summed E-state index contributed by atoms with van der Waals surface area (Å²) in [7, 11) is 0. The summed E-state index contributed by atoms with van der Waals surface area (Å²) in [5, 5.41) is 7.08. The van der Waals surface area contributed by atoms with Crippen LogP contribution in [0.25, 0.3) is 20.9 Å². The van der Waals surface area contributed by atoms with Crippen molar-refractivity contribution in [3.05, 3.63) is 80.4 Å². The average Bonchev–Trinajstić information content (AvgIpc) is 3.44. The Hall–Kier alpha value is -3.37. The molecule has 4 aromatic heterocycles. The first-order valence-corrected chi connectivity index (χ1v) is 10.6. The average molecular weight is 440 g/mol. The van der Waals surface area contributed by atoms with Gasteiger partial charge in [0.15, 0.2) is 4.96 Å². The Bertz CT molecular complexity index is 1460. The number of carbonyl (C=O) groups excluding carboxylic acids is 1. The molecule has 0 saturated carbocycles. The molecule has 4 heterocycles. The lowest BCUT2D eigenvalue weighted by molar-refractivity contribution is 0.0473. The topological polar surface area (TPSA) is 78.5 Å². The third kappa shape index (κ3) is 3.19. The number of ether oxygens (including phenoxy) is 1. The van der Waals surface area contributed by atoms with Gasteiger partial charge in [0.1, 0.15) is 22.1 Å². The van der Waals surface area contributed by atoms with Crippen molar-refractivity contribution in [1.82, 2.24) is 19.2 Å². The molecule has 30 heavy (non-hydrogen) atoms. The summed E-state index contributed by atoms with van der Waals surface area (Å²) < 4.78 is 21.7. The van der Waals surface area contributed by atoms with Crippen LogP contribution in [0.15, 0.2) is 52.8 Å². The quantitative estimate of drug-likeness (QED) is 0.395. The van der Waals surface area contributed by atoms with Crippen molar-refractivity contribution >= 4 is 43.8 Å². The molecule has 0 aliphatic rings. The summed E-state index contributed by atoms with van der Waals surface area (Å²) in [5.74, 6) is -0.835. The molecule has 0 aliphatic carbocycles. The zero-order chi connectivity index (χ0) is 20.8. The second-order valence-electron chi connectivity index (χ2n) is 6.52. The number of fused-ring (bicyclic) bond motifs is 2. The highest BCUT2D eigenvalue weighted by Crippen LogP contribution is 2.31. The number of carbonyl (C=O) groups is 1. The fourth-order valence-electron chi connectivity index (χ4n) is 3.08. The summed E-state index contributed by atoms with van der Waals surface area (Å²) in [6, 6.07) is 9.07. The van der Waals surface area contributed by atoms with E-state index in [4.69, 9.17) is 4.74 Å². The lowest BCUT2D eigenvalue weighted by Crippen LogP contribution is -2.14. The number of hydrogen-bond acceptors (Lipinski definition) is 7. The van der Waals surface area contributed by atoms with Gasteiger partial charge in [-0.05, 0) is 37.3 Å². The van der Waals surface area contributed by atoms with Gasteiger partial charge in [-0.3, -0.25) is 9.20 Å². The molecular formula is C20H13FN4O3S2. The van der Waals surface area contributed by atoms with Gasteiger partial charge >= 0.3 is 5.97 Å². The largest absolute Gasteiger partial charge is 0.455 e. The molecule has 0 amide bonds. The van der Waals surface area contributed by atoms with E-state index in [0.717, 1.165) is 15.9 Å². The molecule has 150 valence electrons. The second kappa shape index (κ2) is 7.15. The Labute approximate surface area is 176 Å². The molecule has 0 aliphatic heterocycles. The normalized spacial score (nSPS) is 11.4. The molecule has 0 saturated heterocycles.